The lowest BCUT2D eigenvalue weighted by Crippen LogP contribution is -2.09. The highest BCUT2D eigenvalue weighted by Crippen LogP contribution is 2.03. The predicted molar refractivity (Wildman–Crippen MR) is 71.2 cm³/mol. The summed E-state index contributed by atoms with van der Waals surface area (Å²) in [6, 6.07) is 9.29. The van der Waals surface area contributed by atoms with E-state index in [-0.39, 0.29) is 18.8 Å². The normalized spacial score (nSPS) is 10.7. The van der Waals surface area contributed by atoms with Gasteiger partial charge in [0.05, 0.1) is 0 Å². The molecule has 0 radical (unpaired) electrons. The monoisotopic (exact) mass is 260 g/mol. The van der Waals surface area contributed by atoms with Gasteiger partial charge >= 0.3 is 11.9 Å². The zero-order valence-corrected chi connectivity index (χ0v) is 10.8. The van der Waals surface area contributed by atoms with Crippen LogP contribution in [0.15, 0.2) is 54.6 Å². The standard InChI is InChI=1S/C15H16O4/c1-3-9-18-15(17)12(2)10-14(16)19-11-13-7-5-4-6-8-13/h3-8,10H,1,9,11H2,2H3/b12-10+. The Morgan fingerprint density at radius 2 is 1.89 bits per heavy atom. The van der Waals surface area contributed by atoms with Crippen molar-refractivity contribution in [1.29, 1.82) is 0 Å². The van der Waals surface area contributed by atoms with Gasteiger partial charge in [0.25, 0.3) is 0 Å². The van der Waals surface area contributed by atoms with Crippen LogP contribution >= 0.6 is 0 Å². The number of esters is 2. The molecule has 19 heavy (non-hydrogen) atoms. The van der Waals surface area contributed by atoms with Crippen molar-refractivity contribution in [3.8, 4) is 0 Å². The minimum absolute atomic E-state index is 0.114. The first kappa shape index (κ1) is 14.7. The Kier molecular flexibility index (Phi) is 6.09. The van der Waals surface area contributed by atoms with Crippen molar-refractivity contribution in [3.63, 3.8) is 0 Å². The molecule has 0 bridgehead atoms. The maximum absolute atomic E-state index is 11.5. The number of ether oxygens (including phenoxy) is 2. The predicted octanol–water partition coefficient (Wildman–Crippen LogP) is 2.41. The van der Waals surface area contributed by atoms with Gasteiger partial charge in [0.1, 0.15) is 13.2 Å². The molecule has 0 fully saturated rings. The summed E-state index contributed by atoms with van der Waals surface area (Å²) in [4.78, 5) is 22.8. The highest BCUT2D eigenvalue weighted by molar-refractivity contribution is 5.95. The summed E-state index contributed by atoms with van der Waals surface area (Å²) in [5.41, 5.74) is 1.08. The molecule has 0 aromatic heterocycles. The Bertz CT molecular complexity index is 474. The molecule has 4 heteroatoms. The smallest absolute Gasteiger partial charge is 0.334 e. The van der Waals surface area contributed by atoms with Crippen LogP contribution in [0.1, 0.15) is 12.5 Å². The van der Waals surface area contributed by atoms with E-state index in [1.54, 1.807) is 0 Å². The summed E-state index contributed by atoms with van der Waals surface area (Å²) in [7, 11) is 0. The summed E-state index contributed by atoms with van der Waals surface area (Å²) < 4.78 is 9.79. The van der Waals surface area contributed by atoms with Gasteiger partial charge in [-0.05, 0) is 12.5 Å². The first-order chi connectivity index (χ1) is 9.13. The van der Waals surface area contributed by atoms with E-state index in [9.17, 15) is 9.59 Å². The first-order valence-corrected chi connectivity index (χ1v) is 5.80. The molecule has 0 atom stereocenters. The van der Waals surface area contributed by atoms with Gasteiger partial charge in [-0.25, -0.2) is 9.59 Å². The van der Waals surface area contributed by atoms with Crippen molar-refractivity contribution in [2.24, 2.45) is 0 Å². The van der Waals surface area contributed by atoms with Crippen molar-refractivity contribution < 1.29 is 19.1 Å². The second-order valence-electron chi connectivity index (χ2n) is 3.81. The third-order valence-corrected chi connectivity index (χ3v) is 2.21. The van der Waals surface area contributed by atoms with Crippen molar-refractivity contribution in [3.05, 3.63) is 60.2 Å². The van der Waals surface area contributed by atoms with Crippen LogP contribution in [0.4, 0.5) is 0 Å². The van der Waals surface area contributed by atoms with Gasteiger partial charge in [-0.3, -0.25) is 0 Å². The SMILES string of the molecule is C=CCOC(=O)/C(C)=C/C(=O)OCc1ccccc1. The molecule has 0 aliphatic carbocycles. The first-order valence-electron chi connectivity index (χ1n) is 5.80. The van der Waals surface area contributed by atoms with E-state index in [1.165, 1.54) is 13.0 Å². The molecule has 100 valence electrons. The van der Waals surface area contributed by atoms with Gasteiger partial charge < -0.3 is 9.47 Å². The second-order valence-corrected chi connectivity index (χ2v) is 3.81. The molecule has 1 rings (SSSR count). The summed E-state index contributed by atoms with van der Waals surface area (Å²) >= 11 is 0. The summed E-state index contributed by atoms with van der Waals surface area (Å²) in [5.74, 6) is -1.13. The highest BCUT2D eigenvalue weighted by atomic mass is 16.5. The molecule has 0 saturated carbocycles. The molecule has 0 saturated heterocycles. The van der Waals surface area contributed by atoms with E-state index in [2.05, 4.69) is 6.58 Å². The molecule has 0 spiro atoms. The molecule has 1 aromatic rings. The van der Waals surface area contributed by atoms with Crippen LogP contribution in [-0.4, -0.2) is 18.5 Å². The topological polar surface area (TPSA) is 52.6 Å². The van der Waals surface area contributed by atoms with Gasteiger partial charge in [-0.15, -0.1) is 0 Å². The minimum atomic E-state index is -0.572. The Morgan fingerprint density at radius 1 is 1.21 bits per heavy atom. The number of benzene rings is 1. The lowest BCUT2D eigenvalue weighted by molar-refractivity contribution is -0.141. The molecule has 0 heterocycles. The van der Waals surface area contributed by atoms with E-state index in [4.69, 9.17) is 9.47 Å². The molecule has 0 unspecified atom stereocenters. The van der Waals surface area contributed by atoms with Crippen molar-refractivity contribution in [2.45, 2.75) is 13.5 Å². The van der Waals surface area contributed by atoms with E-state index in [0.717, 1.165) is 11.6 Å². The fraction of sp³-hybridized carbons (Fsp3) is 0.200. The van der Waals surface area contributed by atoms with Crippen LogP contribution in [0.5, 0.6) is 0 Å². The Balaban J connectivity index is 2.45. The zero-order chi connectivity index (χ0) is 14.1. The Morgan fingerprint density at radius 3 is 2.53 bits per heavy atom. The molecule has 0 amide bonds. The van der Waals surface area contributed by atoms with Gasteiger partial charge in [0.2, 0.25) is 0 Å². The maximum atomic E-state index is 11.5. The summed E-state index contributed by atoms with van der Waals surface area (Å²) in [6.45, 7) is 5.21. The Hall–Kier alpha value is -2.36. The third-order valence-electron chi connectivity index (χ3n) is 2.21. The van der Waals surface area contributed by atoms with Gasteiger partial charge in [0, 0.05) is 11.6 Å². The van der Waals surface area contributed by atoms with Gasteiger partial charge in [0.15, 0.2) is 0 Å². The lowest BCUT2D eigenvalue weighted by Gasteiger charge is -2.03. The van der Waals surface area contributed by atoms with Crippen LogP contribution in [0, 0.1) is 0 Å². The van der Waals surface area contributed by atoms with Crippen LogP contribution < -0.4 is 0 Å². The van der Waals surface area contributed by atoms with Crippen LogP contribution in [0.25, 0.3) is 0 Å². The molecule has 0 aliphatic heterocycles. The summed E-state index contributed by atoms with van der Waals surface area (Å²) in [5, 5.41) is 0. The van der Waals surface area contributed by atoms with E-state index >= 15 is 0 Å². The lowest BCUT2D eigenvalue weighted by atomic mass is 10.2. The number of hydrogen-bond acceptors (Lipinski definition) is 4. The number of carbonyl (C=O) groups is 2. The average molecular weight is 260 g/mol. The fourth-order valence-electron chi connectivity index (χ4n) is 1.25. The summed E-state index contributed by atoms with van der Waals surface area (Å²) in [6.07, 6.45) is 2.58. The van der Waals surface area contributed by atoms with Gasteiger partial charge in [-0.2, -0.15) is 0 Å². The molecular formula is C15H16O4. The molecule has 0 N–H and O–H groups in total. The quantitative estimate of drug-likeness (QED) is 0.448. The van der Waals surface area contributed by atoms with Crippen LogP contribution in [0.3, 0.4) is 0 Å². The third kappa shape index (κ3) is 5.68. The van der Waals surface area contributed by atoms with E-state index < -0.39 is 11.9 Å². The number of rotatable bonds is 6. The van der Waals surface area contributed by atoms with E-state index in [1.807, 2.05) is 30.3 Å². The number of carbonyl (C=O) groups excluding carboxylic acids is 2. The fourth-order valence-corrected chi connectivity index (χ4v) is 1.25. The van der Waals surface area contributed by atoms with Crippen molar-refractivity contribution >= 4 is 11.9 Å². The highest BCUT2D eigenvalue weighted by Gasteiger charge is 2.08. The molecule has 0 aliphatic rings. The average Bonchev–Trinajstić information content (AvgIpc) is 2.43. The van der Waals surface area contributed by atoms with Crippen molar-refractivity contribution in [2.75, 3.05) is 6.61 Å². The maximum Gasteiger partial charge on any atom is 0.334 e. The zero-order valence-electron chi connectivity index (χ0n) is 10.8. The molecule has 1 aromatic carbocycles. The van der Waals surface area contributed by atoms with Crippen LogP contribution in [0.2, 0.25) is 0 Å². The number of hydrogen-bond donors (Lipinski definition) is 0. The Labute approximate surface area is 112 Å². The molecule has 4 nitrogen and oxygen atoms in total. The van der Waals surface area contributed by atoms with Crippen LogP contribution in [-0.2, 0) is 25.7 Å². The second kappa shape index (κ2) is 7.87. The van der Waals surface area contributed by atoms with Crippen molar-refractivity contribution in [1.82, 2.24) is 0 Å². The van der Waals surface area contributed by atoms with Gasteiger partial charge in [-0.1, -0.05) is 43.0 Å². The minimum Gasteiger partial charge on any atom is -0.458 e. The van der Waals surface area contributed by atoms with E-state index in [0.29, 0.717) is 0 Å². The molecular weight excluding hydrogens is 244 g/mol. The largest absolute Gasteiger partial charge is 0.458 e.